The molecule has 2 bridgehead atoms. The zero-order chi connectivity index (χ0) is 18.1. The molecule has 138 valence electrons. The average molecular weight is 346 g/mol. The van der Waals surface area contributed by atoms with Gasteiger partial charge in [-0.3, -0.25) is 0 Å². The Morgan fingerprint density at radius 2 is 2.04 bits per heavy atom. The lowest BCUT2D eigenvalue weighted by Crippen LogP contribution is -2.70. The van der Waals surface area contributed by atoms with E-state index in [4.69, 9.17) is 13.9 Å². The fraction of sp³-hybridized carbons (Fsp3) is 0.762. The van der Waals surface area contributed by atoms with E-state index < -0.39 is 11.4 Å². The number of methoxy groups -OCH3 is 1. The van der Waals surface area contributed by atoms with E-state index in [1.165, 1.54) is 0 Å². The van der Waals surface area contributed by atoms with E-state index in [9.17, 15) is 4.79 Å². The van der Waals surface area contributed by atoms with Crippen LogP contribution in [0.3, 0.4) is 0 Å². The summed E-state index contributed by atoms with van der Waals surface area (Å²) >= 11 is 0. The van der Waals surface area contributed by atoms with Crippen molar-refractivity contribution in [3.8, 4) is 0 Å². The third-order valence-electron chi connectivity index (χ3n) is 7.58. The molecule has 4 rings (SSSR count). The van der Waals surface area contributed by atoms with Crippen molar-refractivity contribution in [2.24, 2.45) is 11.3 Å². The van der Waals surface area contributed by atoms with Gasteiger partial charge in [0.2, 0.25) is 0 Å². The number of ether oxygens (including phenoxy) is 2. The quantitative estimate of drug-likeness (QED) is 0.757. The highest BCUT2D eigenvalue weighted by molar-refractivity contribution is 5.59. The number of aryl methyl sites for hydroxylation is 1. The van der Waals surface area contributed by atoms with E-state index in [0.717, 1.165) is 61.9 Å². The summed E-state index contributed by atoms with van der Waals surface area (Å²) in [4.78, 5) is 12.1. The predicted molar refractivity (Wildman–Crippen MR) is 94.4 cm³/mol. The lowest BCUT2D eigenvalue weighted by Gasteiger charge is -2.66. The predicted octanol–water partition coefficient (Wildman–Crippen LogP) is 4.49. The van der Waals surface area contributed by atoms with Crippen LogP contribution in [0, 0.1) is 11.3 Å². The van der Waals surface area contributed by atoms with Crippen LogP contribution in [0.4, 0.5) is 0 Å². The molecule has 1 saturated heterocycles. The number of carbonyl (C=O) groups excluding carboxylic acids is 1. The average Bonchev–Trinajstić information content (AvgIpc) is 3.05. The topological polar surface area (TPSA) is 48.7 Å². The van der Waals surface area contributed by atoms with Gasteiger partial charge in [0, 0.05) is 36.3 Å². The Hall–Kier alpha value is -1.13. The van der Waals surface area contributed by atoms with Crippen LogP contribution in [0.25, 0.3) is 0 Å². The summed E-state index contributed by atoms with van der Waals surface area (Å²) in [6.45, 7) is 8.74. The van der Waals surface area contributed by atoms with Gasteiger partial charge in [0.05, 0.1) is 5.92 Å². The molecular weight excluding hydrogens is 316 g/mol. The minimum atomic E-state index is -0.715. The van der Waals surface area contributed by atoms with E-state index >= 15 is 0 Å². The number of rotatable bonds is 3. The minimum Gasteiger partial charge on any atom is -0.463 e. The molecule has 1 aromatic heterocycles. The maximum absolute atomic E-state index is 12.1. The Labute approximate surface area is 150 Å². The molecule has 1 aromatic rings. The van der Waals surface area contributed by atoms with Crippen LogP contribution in [-0.4, -0.2) is 19.2 Å². The number of hydrogen-bond donors (Lipinski definition) is 0. The maximum atomic E-state index is 12.1. The number of fused-ring (bicyclic) bond motifs is 2. The first-order valence-electron chi connectivity index (χ1n) is 9.64. The van der Waals surface area contributed by atoms with Gasteiger partial charge in [-0.1, -0.05) is 34.1 Å². The fourth-order valence-electron chi connectivity index (χ4n) is 5.86. The second kappa shape index (κ2) is 5.20. The van der Waals surface area contributed by atoms with Crippen molar-refractivity contribution >= 4 is 6.29 Å². The normalized spacial score (nSPS) is 41.7. The zero-order valence-corrected chi connectivity index (χ0v) is 16.1. The second-order valence-electron chi connectivity index (χ2n) is 8.92. The Kier molecular flexibility index (Phi) is 3.60. The van der Waals surface area contributed by atoms with Crippen LogP contribution in [0.2, 0.25) is 0 Å². The molecular formula is C21H30O4. The first kappa shape index (κ1) is 17.3. The lowest BCUT2D eigenvalue weighted by molar-refractivity contribution is -0.394. The van der Waals surface area contributed by atoms with Crippen LogP contribution in [0.1, 0.15) is 76.9 Å². The minimum absolute atomic E-state index is 0.104. The van der Waals surface area contributed by atoms with E-state index in [1.54, 1.807) is 7.11 Å². The van der Waals surface area contributed by atoms with E-state index in [1.807, 2.05) is 0 Å². The van der Waals surface area contributed by atoms with Gasteiger partial charge in [-0.15, -0.1) is 0 Å². The number of hydrogen-bond acceptors (Lipinski definition) is 4. The largest absolute Gasteiger partial charge is 0.463 e. The maximum Gasteiger partial charge on any atom is 0.178 e. The molecule has 2 fully saturated rings. The van der Waals surface area contributed by atoms with Gasteiger partial charge in [-0.25, -0.2) is 0 Å². The van der Waals surface area contributed by atoms with Crippen molar-refractivity contribution in [3.63, 3.8) is 0 Å². The summed E-state index contributed by atoms with van der Waals surface area (Å²) in [6, 6.07) is 2.18. The standard InChI is InChI=1S/C21H30O4/c1-6-15-12-16-17(24-15)21-14(13-22)8-7-9-19(21,4)10-11-20(23-5,25-21)18(16,2)3/h12-14H,6-11H2,1-5H3/t14-,19+,20-,21-/m1/s1. The van der Waals surface area contributed by atoms with Crippen LogP contribution in [-0.2, 0) is 31.7 Å². The Morgan fingerprint density at radius 3 is 2.68 bits per heavy atom. The third kappa shape index (κ3) is 1.83. The lowest BCUT2D eigenvalue weighted by atomic mass is 9.50. The van der Waals surface area contributed by atoms with Gasteiger partial charge in [0.1, 0.15) is 23.4 Å². The number of carbonyl (C=O) groups is 1. The van der Waals surface area contributed by atoms with Crippen LogP contribution >= 0.6 is 0 Å². The van der Waals surface area contributed by atoms with Crippen LogP contribution < -0.4 is 0 Å². The van der Waals surface area contributed by atoms with E-state index in [0.29, 0.717) is 0 Å². The Balaban J connectivity index is 2.06. The zero-order valence-electron chi connectivity index (χ0n) is 16.1. The highest BCUT2D eigenvalue weighted by Gasteiger charge is 2.72. The highest BCUT2D eigenvalue weighted by Crippen LogP contribution is 2.69. The summed E-state index contributed by atoms with van der Waals surface area (Å²) in [5.74, 6) is 0.952. The molecule has 0 aromatic carbocycles. The first-order valence-corrected chi connectivity index (χ1v) is 9.64. The third-order valence-corrected chi connectivity index (χ3v) is 7.58. The van der Waals surface area contributed by atoms with Crippen LogP contribution in [0.15, 0.2) is 10.5 Å². The van der Waals surface area contributed by atoms with Crippen molar-refractivity contribution in [2.75, 3.05) is 7.11 Å². The van der Waals surface area contributed by atoms with Gasteiger partial charge in [-0.2, -0.15) is 0 Å². The van der Waals surface area contributed by atoms with Crippen molar-refractivity contribution in [1.29, 1.82) is 0 Å². The highest BCUT2D eigenvalue weighted by atomic mass is 16.7. The van der Waals surface area contributed by atoms with E-state index in [-0.39, 0.29) is 16.7 Å². The first-order chi connectivity index (χ1) is 11.8. The molecule has 1 spiro atoms. The fourth-order valence-corrected chi connectivity index (χ4v) is 5.86. The molecule has 4 atom stereocenters. The molecule has 0 amide bonds. The van der Waals surface area contributed by atoms with Gasteiger partial charge >= 0.3 is 0 Å². The molecule has 3 heterocycles. The van der Waals surface area contributed by atoms with Gasteiger partial charge in [0.25, 0.3) is 0 Å². The molecule has 4 nitrogen and oxygen atoms in total. The van der Waals surface area contributed by atoms with Crippen molar-refractivity contribution in [1.82, 2.24) is 0 Å². The summed E-state index contributed by atoms with van der Waals surface area (Å²) in [6.07, 6.45) is 6.72. The molecule has 0 radical (unpaired) electrons. The van der Waals surface area contributed by atoms with Crippen LogP contribution in [0.5, 0.6) is 0 Å². The molecule has 25 heavy (non-hydrogen) atoms. The molecule has 0 N–H and O–H groups in total. The summed E-state index contributed by atoms with van der Waals surface area (Å²) in [5.41, 5.74) is 0.0231. The second-order valence-corrected chi connectivity index (χ2v) is 8.92. The molecule has 2 aliphatic heterocycles. The molecule has 1 aliphatic carbocycles. The number of aldehydes is 1. The molecule has 3 aliphatic rings. The van der Waals surface area contributed by atoms with Gasteiger partial charge < -0.3 is 18.7 Å². The van der Waals surface area contributed by atoms with Crippen molar-refractivity contribution in [2.45, 2.75) is 83.0 Å². The SMILES string of the molecule is CCc1cc2c(o1)[C@@]13O[C@](OC)(CC[C@]1(C)CCC[C@@H]3C=O)C2(C)C. The Bertz CT molecular complexity index is 705. The summed E-state index contributed by atoms with van der Waals surface area (Å²) in [7, 11) is 1.74. The number of furan rings is 1. The van der Waals surface area contributed by atoms with Gasteiger partial charge in [0.15, 0.2) is 5.79 Å². The van der Waals surface area contributed by atoms with Gasteiger partial charge in [-0.05, 0) is 25.3 Å². The van der Waals surface area contributed by atoms with Crippen molar-refractivity contribution in [3.05, 3.63) is 23.2 Å². The van der Waals surface area contributed by atoms with E-state index in [2.05, 4.69) is 33.8 Å². The summed E-state index contributed by atoms with van der Waals surface area (Å²) < 4.78 is 19.4. The summed E-state index contributed by atoms with van der Waals surface area (Å²) in [5, 5.41) is 0. The molecule has 4 heteroatoms. The molecule has 1 saturated carbocycles. The van der Waals surface area contributed by atoms with Crippen molar-refractivity contribution < 1.29 is 18.7 Å². The Morgan fingerprint density at radius 1 is 1.28 bits per heavy atom. The monoisotopic (exact) mass is 346 g/mol. The molecule has 0 unspecified atom stereocenters. The smallest absolute Gasteiger partial charge is 0.178 e.